The van der Waals surface area contributed by atoms with Crippen LogP contribution in [0.2, 0.25) is 0 Å². The summed E-state index contributed by atoms with van der Waals surface area (Å²) in [5.41, 5.74) is 1.22. The minimum absolute atomic E-state index is 0.124. The highest BCUT2D eigenvalue weighted by Gasteiger charge is 2.60. The van der Waals surface area contributed by atoms with Gasteiger partial charge in [0.2, 0.25) is 5.91 Å². The zero-order valence-electron chi connectivity index (χ0n) is 19.1. The molecule has 0 radical (unpaired) electrons. The standard InChI is InChI=1S/C26H45NO/c1-5-19-17-21-23-12-11-20(9-8-16-27-18(2)28)25(23,3)15-13-24(21)26(4)14-7-6-10-22(19)26/h19-24H,5-17H2,1-4H3,(H,27,28)/t19-,20?,21?,22?,23?,24-,25?,26?/m0/s1. The van der Waals surface area contributed by atoms with Gasteiger partial charge in [-0.25, -0.2) is 0 Å². The molecule has 4 aliphatic rings. The summed E-state index contributed by atoms with van der Waals surface area (Å²) in [4.78, 5) is 11.2. The largest absolute Gasteiger partial charge is 0.356 e. The van der Waals surface area contributed by atoms with Crippen LogP contribution >= 0.6 is 0 Å². The van der Waals surface area contributed by atoms with Crippen LogP contribution in [0.3, 0.4) is 0 Å². The minimum atomic E-state index is 0.124. The molecule has 160 valence electrons. The van der Waals surface area contributed by atoms with E-state index in [1.54, 1.807) is 13.3 Å². The summed E-state index contributed by atoms with van der Waals surface area (Å²) in [5, 5.41) is 3.01. The molecule has 0 aromatic carbocycles. The summed E-state index contributed by atoms with van der Waals surface area (Å²) in [6, 6.07) is 0. The molecule has 4 rings (SSSR count). The Labute approximate surface area is 174 Å². The van der Waals surface area contributed by atoms with Gasteiger partial charge in [0.15, 0.2) is 0 Å². The summed E-state index contributed by atoms with van der Waals surface area (Å²) >= 11 is 0. The van der Waals surface area contributed by atoms with E-state index >= 15 is 0 Å². The molecule has 0 bridgehead atoms. The Kier molecular flexibility index (Phi) is 5.89. The molecule has 2 nitrogen and oxygen atoms in total. The van der Waals surface area contributed by atoms with E-state index in [4.69, 9.17) is 0 Å². The van der Waals surface area contributed by atoms with Crippen LogP contribution in [0.5, 0.6) is 0 Å². The van der Waals surface area contributed by atoms with E-state index in [0.717, 1.165) is 48.5 Å². The van der Waals surface area contributed by atoms with E-state index in [0.29, 0.717) is 10.8 Å². The fourth-order valence-corrected chi connectivity index (χ4v) is 9.22. The third-order valence-corrected chi connectivity index (χ3v) is 10.6. The van der Waals surface area contributed by atoms with E-state index in [-0.39, 0.29) is 5.91 Å². The average molecular weight is 388 g/mol. The first kappa shape index (κ1) is 20.7. The van der Waals surface area contributed by atoms with Crippen LogP contribution < -0.4 is 5.32 Å². The van der Waals surface area contributed by atoms with Gasteiger partial charge in [-0.1, -0.05) is 40.0 Å². The predicted octanol–water partition coefficient (Wildman–Crippen LogP) is 6.59. The number of carbonyl (C=O) groups is 1. The molecule has 0 heterocycles. The summed E-state index contributed by atoms with van der Waals surface area (Å²) in [6.07, 6.45) is 17.4. The van der Waals surface area contributed by atoms with Crippen molar-refractivity contribution in [2.24, 2.45) is 46.3 Å². The van der Waals surface area contributed by atoms with Gasteiger partial charge in [0.05, 0.1) is 0 Å². The highest BCUT2D eigenvalue weighted by molar-refractivity contribution is 5.72. The Morgan fingerprint density at radius 2 is 1.75 bits per heavy atom. The maximum atomic E-state index is 11.2. The van der Waals surface area contributed by atoms with E-state index in [9.17, 15) is 4.79 Å². The lowest BCUT2D eigenvalue weighted by Gasteiger charge is -2.62. The fourth-order valence-electron chi connectivity index (χ4n) is 9.22. The van der Waals surface area contributed by atoms with Crippen molar-refractivity contribution in [3.63, 3.8) is 0 Å². The van der Waals surface area contributed by atoms with Gasteiger partial charge in [0, 0.05) is 13.5 Å². The molecule has 1 N–H and O–H groups in total. The number of amides is 1. The monoisotopic (exact) mass is 387 g/mol. The van der Waals surface area contributed by atoms with Crippen molar-refractivity contribution < 1.29 is 4.79 Å². The minimum Gasteiger partial charge on any atom is -0.356 e. The second kappa shape index (κ2) is 7.95. The van der Waals surface area contributed by atoms with Crippen LogP contribution in [-0.2, 0) is 4.79 Å². The Hall–Kier alpha value is -0.530. The van der Waals surface area contributed by atoms with Gasteiger partial charge in [-0.05, 0) is 104 Å². The highest BCUT2D eigenvalue weighted by Crippen LogP contribution is 2.69. The molecule has 1 amide bonds. The van der Waals surface area contributed by atoms with Crippen LogP contribution in [0.4, 0.5) is 0 Å². The highest BCUT2D eigenvalue weighted by atomic mass is 16.1. The van der Waals surface area contributed by atoms with E-state index in [2.05, 4.69) is 26.1 Å². The van der Waals surface area contributed by atoms with Crippen molar-refractivity contribution >= 4 is 5.91 Å². The Balaban J connectivity index is 1.49. The van der Waals surface area contributed by atoms with Crippen LogP contribution in [0.1, 0.15) is 105 Å². The van der Waals surface area contributed by atoms with Crippen LogP contribution in [0, 0.1) is 46.3 Å². The first-order valence-corrected chi connectivity index (χ1v) is 12.6. The molecule has 0 spiro atoms. The predicted molar refractivity (Wildman–Crippen MR) is 117 cm³/mol. The molecule has 2 heteroatoms. The Morgan fingerprint density at radius 3 is 2.50 bits per heavy atom. The molecule has 4 aliphatic carbocycles. The molecular weight excluding hydrogens is 342 g/mol. The molecule has 4 saturated carbocycles. The van der Waals surface area contributed by atoms with Gasteiger partial charge < -0.3 is 5.32 Å². The van der Waals surface area contributed by atoms with E-state index < -0.39 is 0 Å². The van der Waals surface area contributed by atoms with Crippen molar-refractivity contribution in [1.82, 2.24) is 5.32 Å². The molecular formula is C26H45NO. The van der Waals surface area contributed by atoms with Gasteiger partial charge in [-0.15, -0.1) is 0 Å². The van der Waals surface area contributed by atoms with Crippen molar-refractivity contribution in [1.29, 1.82) is 0 Å². The number of hydrogen-bond donors (Lipinski definition) is 1. The van der Waals surface area contributed by atoms with Gasteiger partial charge in [0.1, 0.15) is 0 Å². The summed E-state index contributed by atoms with van der Waals surface area (Å²) in [7, 11) is 0. The topological polar surface area (TPSA) is 29.1 Å². The van der Waals surface area contributed by atoms with Crippen molar-refractivity contribution in [3.8, 4) is 0 Å². The van der Waals surface area contributed by atoms with Crippen molar-refractivity contribution in [2.45, 2.75) is 105 Å². The van der Waals surface area contributed by atoms with Crippen LogP contribution in [-0.4, -0.2) is 12.5 Å². The molecule has 8 atom stereocenters. The lowest BCUT2D eigenvalue weighted by molar-refractivity contribution is -0.135. The first-order valence-electron chi connectivity index (χ1n) is 12.6. The van der Waals surface area contributed by atoms with Gasteiger partial charge in [-0.2, -0.15) is 0 Å². The third-order valence-electron chi connectivity index (χ3n) is 10.6. The number of fused-ring (bicyclic) bond motifs is 5. The van der Waals surface area contributed by atoms with Crippen LogP contribution in [0.25, 0.3) is 0 Å². The second-order valence-electron chi connectivity index (χ2n) is 11.6. The number of carbonyl (C=O) groups excluding carboxylic acids is 1. The lowest BCUT2D eigenvalue weighted by Crippen LogP contribution is -2.55. The smallest absolute Gasteiger partial charge is 0.216 e. The lowest BCUT2D eigenvalue weighted by atomic mass is 9.42. The zero-order chi connectivity index (χ0) is 19.9. The summed E-state index contributed by atoms with van der Waals surface area (Å²) in [5.74, 6) is 6.02. The van der Waals surface area contributed by atoms with Crippen molar-refractivity contribution in [2.75, 3.05) is 6.54 Å². The second-order valence-corrected chi connectivity index (χ2v) is 11.6. The normalized spacial score (nSPS) is 47.7. The molecule has 28 heavy (non-hydrogen) atoms. The maximum absolute atomic E-state index is 11.2. The third kappa shape index (κ3) is 3.35. The maximum Gasteiger partial charge on any atom is 0.216 e. The number of rotatable bonds is 5. The van der Waals surface area contributed by atoms with Crippen LogP contribution in [0.15, 0.2) is 0 Å². The zero-order valence-corrected chi connectivity index (χ0v) is 19.1. The number of hydrogen-bond acceptors (Lipinski definition) is 1. The fraction of sp³-hybridized carbons (Fsp3) is 0.962. The average Bonchev–Trinajstić information content (AvgIpc) is 3.00. The molecule has 0 aromatic rings. The van der Waals surface area contributed by atoms with Crippen molar-refractivity contribution in [3.05, 3.63) is 0 Å². The molecule has 6 unspecified atom stereocenters. The van der Waals surface area contributed by atoms with Gasteiger partial charge in [0.25, 0.3) is 0 Å². The van der Waals surface area contributed by atoms with Gasteiger partial charge >= 0.3 is 0 Å². The Morgan fingerprint density at radius 1 is 0.964 bits per heavy atom. The SMILES string of the molecule is CC[C@H]1CC2C3CCC(CCCNC(C)=O)C3(C)CC[C@@H]2C2(C)CCCCC12. The first-order chi connectivity index (χ1) is 13.4. The molecule has 0 saturated heterocycles. The quantitative estimate of drug-likeness (QED) is 0.530. The number of nitrogens with one attached hydrogen (secondary N) is 1. The van der Waals surface area contributed by atoms with Gasteiger partial charge in [-0.3, -0.25) is 4.79 Å². The van der Waals surface area contributed by atoms with E-state index in [1.165, 1.54) is 64.2 Å². The summed E-state index contributed by atoms with van der Waals surface area (Å²) < 4.78 is 0. The van der Waals surface area contributed by atoms with E-state index in [1.807, 2.05) is 0 Å². The molecule has 0 aromatic heterocycles. The molecule has 4 fully saturated rings. The molecule has 0 aliphatic heterocycles. The Bertz CT molecular complexity index is 573. The summed E-state index contributed by atoms with van der Waals surface area (Å²) in [6.45, 7) is 10.4.